The van der Waals surface area contributed by atoms with Crippen LogP contribution in [0.4, 0.5) is 0 Å². The van der Waals surface area contributed by atoms with Crippen LogP contribution in [-0.2, 0) is 6.61 Å². The first-order valence-corrected chi connectivity index (χ1v) is 6.82. The molecule has 0 aromatic heterocycles. The standard InChI is InChI=1S/C15H13Cl2NO3/c1-20-14-5-3-10(8-18-19)7-15(14)21-9-11-2-4-12(16)13(17)6-11/h2-8,19H,9H2,1H3/b18-8-. The first-order valence-electron chi connectivity index (χ1n) is 6.06. The highest BCUT2D eigenvalue weighted by Gasteiger charge is 2.07. The van der Waals surface area contributed by atoms with E-state index in [4.69, 9.17) is 37.9 Å². The lowest BCUT2D eigenvalue weighted by Crippen LogP contribution is -1.98. The fourth-order valence-electron chi connectivity index (χ4n) is 1.74. The van der Waals surface area contributed by atoms with Gasteiger partial charge in [0.1, 0.15) is 6.61 Å². The minimum Gasteiger partial charge on any atom is -0.493 e. The summed E-state index contributed by atoms with van der Waals surface area (Å²) in [5, 5.41) is 12.5. The molecule has 0 unspecified atom stereocenters. The number of oxime groups is 1. The average Bonchev–Trinajstić information content (AvgIpc) is 2.49. The molecule has 0 heterocycles. The Morgan fingerprint density at radius 2 is 1.90 bits per heavy atom. The molecule has 1 N–H and O–H groups in total. The van der Waals surface area contributed by atoms with E-state index in [1.807, 2.05) is 6.07 Å². The number of rotatable bonds is 5. The van der Waals surface area contributed by atoms with Gasteiger partial charge >= 0.3 is 0 Å². The fraction of sp³-hybridized carbons (Fsp3) is 0.133. The van der Waals surface area contributed by atoms with E-state index in [0.29, 0.717) is 33.7 Å². The van der Waals surface area contributed by atoms with Crippen molar-refractivity contribution in [2.45, 2.75) is 6.61 Å². The van der Waals surface area contributed by atoms with Crippen LogP contribution in [-0.4, -0.2) is 18.5 Å². The lowest BCUT2D eigenvalue weighted by Gasteiger charge is -2.11. The minimum absolute atomic E-state index is 0.312. The van der Waals surface area contributed by atoms with Gasteiger partial charge in [0, 0.05) is 5.56 Å². The summed E-state index contributed by atoms with van der Waals surface area (Å²) in [7, 11) is 1.56. The molecule has 0 saturated heterocycles. The van der Waals surface area contributed by atoms with E-state index in [1.54, 1.807) is 37.4 Å². The van der Waals surface area contributed by atoms with Crippen molar-refractivity contribution in [2.24, 2.45) is 5.16 Å². The minimum atomic E-state index is 0.312. The fourth-order valence-corrected chi connectivity index (χ4v) is 2.06. The Balaban J connectivity index is 2.17. The molecule has 110 valence electrons. The molecule has 2 rings (SSSR count). The number of halogens is 2. The molecule has 0 aliphatic carbocycles. The van der Waals surface area contributed by atoms with Crippen molar-refractivity contribution < 1.29 is 14.7 Å². The zero-order valence-electron chi connectivity index (χ0n) is 11.2. The van der Waals surface area contributed by atoms with E-state index in [-0.39, 0.29) is 0 Å². The molecule has 0 saturated carbocycles. The van der Waals surface area contributed by atoms with Crippen LogP contribution in [0.15, 0.2) is 41.6 Å². The van der Waals surface area contributed by atoms with E-state index >= 15 is 0 Å². The normalized spacial score (nSPS) is 10.8. The van der Waals surface area contributed by atoms with Crippen molar-refractivity contribution in [1.82, 2.24) is 0 Å². The maximum atomic E-state index is 8.57. The van der Waals surface area contributed by atoms with Gasteiger partial charge in [0.05, 0.1) is 23.4 Å². The summed E-state index contributed by atoms with van der Waals surface area (Å²) in [6, 6.07) is 10.5. The zero-order chi connectivity index (χ0) is 15.2. The Bertz CT molecular complexity index is 659. The third-order valence-electron chi connectivity index (χ3n) is 2.77. The molecule has 2 aromatic carbocycles. The molecular weight excluding hydrogens is 313 g/mol. The molecule has 0 bridgehead atoms. The Morgan fingerprint density at radius 1 is 1.10 bits per heavy atom. The number of nitrogens with zero attached hydrogens (tertiary/aromatic N) is 1. The highest BCUT2D eigenvalue weighted by Crippen LogP contribution is 2.29. The van der Waals surface area contributed by atoms with Gasteiger partial charge in [0.15, 0.2) is 11.5 Å². The van der Waals surface area contributed by atoms with Crippen LogP contribution in [0.3, 0.4) is 0 Å². The third kappa shape index (κ3) is 4.03. The maximum Gasteiger partial charge on any atom is 0.162 e. The molecule has 0 fully saturated rings. The van der Waals surface area contributed by atoms with Crippen LogP contribution in [0.2, 0.25) is 10.0 Å². The van der Waals surface area contributed by atoms with Gasteiger partial charge in [-0.1, -0.05) is 34.4 Å². The van der Waals surface area contributed by atoms with Gasteiger partial charge < -0.3 is 14.7 Å². The number of hydrogen-bond donors (Lipinski definition) is 1. The monoisotopic (exact) mass is 325 g/mol. The molecule has 6 heteroatoms. The second-order valence-electron chi connectivity index (χ2n) is 4.19. The first-order chi connectivity index (χ1) is 10.1. The molecular formula is C15H13Cl2NO3. The van der Waals surface area contributed by atoms with Gasteiger partial charge in [-0.3, -0.25) is 0 Å². The Labute approximate surface area is 132 Å². The molecule has 4 nitrogen and oxygen atoms in total. The molecule has 2 aromatic rings. The van der Waals surface area contributed by atoms with Crippen molar-refractivity contribution in [1.29, 1.82) is 0 Å². The van der Waals surface area contributed by atoms with E-state index in [2.05, 4.69) is 5.16 Å². The number of methoxy groups -OCH3 is 1. The van der Waals surface area contributed by atoms with Crippen LogP contribution in [0.25, 0.3) is 0 Å². The Morgan fingerprint density at radius 3 is 2.57 bits per heavy atom. The summed E-state index contributed by atoms with van der Waals surface area (Å²) in [5.74, 6) is 1.13. The van der Waals surface area contributed by atoms with Crippen molar-refractivity contribution >= 4 is 29.4 Å². The van der Waals surface area contributed by atoms with Gasteiger partial charge in [-0.05, 0) is 35.9 Å². The summed E-state index contributed by atoms with van der Waals surface area (Å²) in [5.41, 5.74) is 1.58. The predicted molar refractivity (Wildman–Crippen MR) is 83.2 cm³/mol. The van der Waals surface area contributed by atoms with Gasteiger partial charge in [-0.15, -0.1) is 0 Å². The smallest absolute Gasteiger partial charge is 0.162 e. The summed E-state index contributed by atoms with van der Waals surface area (Å²) < 4.78 is 11.0. The van der Waals surface area contributed by atoms with Gasteiger partial charge in [-0.25, -0.2) is 0 Å². The lowest BCUT2D eigenvalue weighted by atomic mass is 10.2. The third-order valence-corrected chi connectivity index (χ3v) is 3.51. The van der Waals surface area contributed by atoms with E-state index in [0.717, 1.165) is 5.56 Å². The van der Waals surface area contributed by atoms with Crippen molar-refractivity contribution in [3.63, 3.8) is 0 Å². The number of benzene rings is 2. The largest absolute Gasteiger partial charge is 0.493 e. The van der Waals surface area contributed by atoms with Crippen LogP contribution in [0.5, 0.6) is 11.5 Å². The molecule has 0 radical (unpaired) electrons. The average molecular weight is 326 g/mol. The van der Waals surface area contributed by atoms with Crippen LogP contribution >= 0.6 is 23.2 Å². The summed E-state index contributed by atoms with van der Waals surface area (Å²) in [6.45, 7) is 0.312. The van der Waals surface area contributed by atoms with E-state index in [9.17, 15) is 0 Å². The van der Waals surface area contributed by atoms with Crippen molar-refractivity contribution in [2.75, 3.05) is 7.11 Å². The van der Waals surface area contributed by atoms with Crippen LogP contribution < -0.4 is 9.47 Å². The topological polar surface area (TPSA) is 51.0 Å². The first kappa shape index (κ1) is 15.5. The molecule has 21 heavy (non-hydrogen) atoms. The second-order valence-corrected chi connectivity index (χ2v) is 5.01. The Hall–Kier alpha value is -1.91. The van der Waals surface area contributed by atoms with Crippen LogP contribution in [0.1, 0.15) is 11.1 Å². The second kappa shape index (κ2) is 7.20. The van der Waals surface area contributed by atoms with E-state index in [1.165, 1.54) is 6.21 Å². The summed E-state index contributed by atoms with van der Waals surface area (Å²) in [6.07, 6.45) is 1.31. The highest BCUT2D eigenvalue weighted by atomic mass is 35.5. The van der Waals surface area contributed by atoms with Crippen molar-refractivity contribution in [3.8, 4) is 11.5 Å². The van der Waals surface area contributed by atoms with Gasteiger partial charge in [-0.2, -0.15) is 0 Å². The predicted octanol–water partition coefficient (Wildman–Crippen LogP) is 4.39. The molecule has 0 amide bonds. The quantitative estimate of drug-likeness (QED) is 0.504. The Kier molecular flexibility index (Phi) is 5.31. The molecule has 0 spiro atoms. The number of ether oxygens (including phenoxy) is 2. The highest BCUT2D eigenvalue weighted by molar-refractivity contribution is 6.42. The zero-order valence-corrected chi connectivity index (χ0v) is 12.7. The van der Waals surface area contributed by atoms with E-state index < -0.39 is 0 Å². The molecule has 0 atom stereocenters. The SMILES string of the molecule is COc1ccc(/C=N\O)cc1OCc1ccc(Cl)c(Cl)c1. The lowest BCUT2D eigenvalue weighted by molar-refractivity contribution is 0.284. The maximum absolute atomic E-state index is 8.57. The molecule has 0 aliphatic heterocycles. The number of hydrogen-bond acceptors (Lipinski definition) is 4. The summed E-state index contributed by atoms with van der Waals surface area (Å²) >= 11 is 11.8. The summed E-state index contributed by atoms with van der Waals surface area (Å²) in [4.78, 5) is 0. The van der Waals surface area contributed by atoms with Crippen LogP contribution in [0, 0.1) is 0 Å². The molecule has 0 aliphatic rings. The van der Waals surface area contributed by atoms with Gasteiger partial charge in [0.2, 0.25) is 0 Å². The van der Waals surface area contributed by atoms with Crippen molar-refractivity contribution in [3.05, 3.63) is 57.6 Å². The van der Waals surface area contributed by atoms with Gasteiger partial charge in [0.25, 0.3) is 0 Å².